The molecule has 0 spiro atoms. The van der Waals surface area contributed by atoms with E-state index in [2.05, 4.69) is 12.6 Å². The molecule has 1 saturated heterocycles. The highest BCUT2D eigenvalue weighted by Crippen LogP contribution is 2.21. The average molecular weight is 281 g/mol. The van der Waals surface area contributed by atoms with E-state index in [-0.39, 0.29) is 5.12 Å². The van der Waals surface area contributed by atoms with Gasteiger partial charge in [-0.3, -0.25) is 9.69 Å². The van der Waals surface area contributed by atoms with Crippen molar-refractivity contribution in [2.24, 2.45) is 0 Å². The summed E-state index contributed by atoms with van der Waals surface area (Å²) in [4.78, 5) is 24.7. The molecule has 0 aliphatic carbocycles. The molecule has 19 heavy (non-hydrogen) atoms. The minimum atomic E-state index is -0.497. The van der Waals surface area contributed by atoms with E-state index in [0.717, 1.165) is 6.42 Å². The molecule has 0 N–H and O–H groups in total. The fourth-order valence-electron chi connectivity index (χ4n) is 1.85. The van der Waals surface area contributed by atoms with Gasteiger partial charge in [0.2, 0.25) is 5.12 Å². The van der Waals surface area contributed by atoms with Crippen LogP contribution in [-0.4, -0.2) is 28.7 Å². The number of rotatable bonds is 4. The summed E-state index contributed by atoms with van der Waals surface area (Å²) in [6, 6.07) is -0.464. The summed E-state index contributed by atoms with van der Waals surface area (Å²) < 4.78 is 5.25. The number of carbonyl (C=O) groups excluding carboxylic acids is 2. The quantitative estimate of drug-likeness (QED) is 0.489. The first-order valence-corrected chi connectivity index (χ1v) is 6.71. The van der Waals surface area contributed by atoms with Gasteiger partial charge in [0, 0.05) is 6.54 Å². The van der Waals surface area contributed by atoms with Crippen molar-refractivity contribution in [3.8, 4) is 0 Å². The monoisotopic (exact) mass is 281 g/mol. The van der Waals surface area contributed by atoms with Crippen LogP contribution in [0.1, 0.15) is 26.7 Å². The summed E-state index contributed by atoms with van der Waals surface area (Å²) >= 11 is 3.80. The van der Waals surface area contributed by atoms with Crippen LogP contribution >= 0.6 is 12.6 Å². The second kappa shape index (κ2) is 7.84. The Morgan fingerprint density at radius 3 is 2.63 bits per heavy atom. The smallest absolute Gasteiger partial charge is 0.411 e. The van der Waals surface area contributed by atoms with Crippen molar-refractivity contribution in [2.75, 3.05) is 6.54 Å². The second-order valence-corrected chi connectivity index (χ2v) is 4.57. The molecule has 1 aliphatic rings. The van der Waals surface area contributed by atoms with Crippen molar-refractivity contribution in [1.82, 2.24) is 4.90 Å². The van der Waals surface area contributed by atoms with Crippen LogP contribution in [0.3, 0.4) is 0 Å². The minimum absolute atomic E-state index is 0.291. The molecule has 0 aromatic carbocycles. The topological polar surface area (TPSA) is 46.6 Å². The van der Waals surface area contributed by atoms with Gasteiger partial charge >= 0.3 is 6.09 Å². The Kier molecular flexibility index (Phi) is 6.42. The number of ether oxygens (including phenoxy) is 1. The van der Waals surface area contributed by atoms with Crippen LogP contribution in [0.15, 0.2) is 36.1 Å². The molecule has 1 amide bonds. The molecule has 4 nitrogen and oxygen atoms in total. The van der Waals surface area contributed by atoms with Gasteiger partial charge in [-0.25, -0.2) is 4.79 Å². The van der Waals surface area contributed by atoms with Crippen molar-refractivity contribution in [2.45, 2.75) is 32.7 Å². The van der Waals surface area contributed by atoms with Crippen molar-refractivity contribution >= 4 is 23.8 Å². The van der Waals surface area contributed by atoms with Gasteiger partial charge < -0.3 is 4.74 Å². The van der Waals surface area contributed by atoms with Crippen LogP contribution in [-0.2, 0) is 9.53 Å². The molecule has 1 atom stereocenters. The Bertz CT molecular complexity index is 426. The molecule has 0 bridgehead atoms. The highest BCUT2D eigenvalue weighted by Gasteiger charge is 2.33. The molecule has 0 aromatic rings. The first-order chi connectivity index (χ1) is 9.10. The fraction of sp³-hybridized carbons (Fsp3) is 0.429. The van der Waals surface area contributed by atoms with Gasteiger partial charge in [-0.2, -0.15) is 0 Å². The third-order valence-electron chi connectivity index (χ3n) is 2.83. The highest BCUT2D eigenvalue weighted by molar-refractivity contribution is 7.96. The molecule has 1 heterocycles. The lowest BCUT2D eigenvalue weighted by atomic mass is 10.2. The van der Waals surface area contributed by atoms with Gasteiger partial charge in [0.05, 0.1) is 0 Å². The number of thiol groups is 1. The Balaban J connectivity index is 2.65. The van der Waals surface area contributed by atoms with Crippen LogP contribution in [0.4, 0.5) is 4.79 Å². The number of allylic oxidation sites excluding steroid dienone is 5. The summed E-state index contributed by atoms with van der Waals surface area (Å²) in [6.45, 7) is 4.22. The maximum Gasteiger partial charge on any atom is 0.415 e. The molecule has 0 radical (unpaired) electrons. The van der Waals surface area contributed by atoms with Crippen LogP contribution in [0, 0.1) is 0 Å². The summed E-state index contributed by atoms with van der Waals surface area (Å²) in [5.41, 5.74) is 0. The van der Waals surface area contributed by atoms with Gasteiger partial charge in [-0.05, 0) is 38.8 Å². The van der Waals surface area contributed by atoms with Gasteiger partial charge in [0.1, 0.15) is 11.8 Å². The van der Waals surface area contributed by atoms with E-state index >= 15 is 0 Å². The molecular weight excluding hydrogens is 262 g/mol. The molecule has 0 saturated carbocycles. The lowest BCUT2D eigenvalue weighted by molar-refractivity contribution is -0.114. The number of likely N-dealkylation sites (tertiary alicyclic amines) is 1. The van der Waals surface area contributed by atoms with Crippen LogP contribution in [0.2, 0.25) is 0 Å². The van der Waals surface area contributed by atoms with Crippen molar-refractivity contribution in [1.29, 1.82) is 0 Å². The van der Waals surface area contributed by atoms with Crippen molar-refractivity contribution in [3.05, 3.63) is 36.1 Å². The average Bonchev–Trinajstić information content (AvgIpc) is 2.87. The molecule has 1 fully saturated rings. The van der Waals surface area contributed by atoms with E-state index in [9.17, 15) is 9.59 Å². The minimum Gasteiger partial charge on any atom is -0.411 e. The summed E-state index contributed by atoms with van der Waals surface area (Å²) in [7, 11) is 0. The van der Waals surface area contributed by atoms with E-state index < -0.39 is 12.1 Å². The van der Waals surface area contributed by atoms with Gasteiger partial charge in [0.25, 0.3) is 0 Å². The van der Waals surface area contributed by atoms with E-state index in [1.807, 2.05) is 19.1 Å². The zero-order valence-electron chi connectivity index (χ0n) is 11.2. The number of hydrogen-bond acceptors (Lipinski definition) is 3. The molecule has 104 valence electrons. The number of nitrogens with zero attached hydrogens (tertiary/aromatic N) is 1. The zero-order chi connectivity index (χ0) is 14.3. The van der Waals surface area contributed by atoms with Crippen LogP contribution in [0.25, 0.3) is 0 Å². The highest BCUT2D eigenvalue weighted by atomic mass is 32.1. The fourth-order valence-corrected chi connectivity index (χ4v) is 2.12. The van der Waals surface area contributed by atoms with Gasteiger partial charge in [0.15, 0.2) is 0 Å². The van der Waals surface area contributed by atoms with E-state index in [0.29, 0.717) is 18.7 Å². The maximum atomic E-state index is 12.0. The van der Waals surface area contributed by atoms with Crippen molar-refractivity contribution < 1.29 is 14.3 Å². The van der Waals surface area contributed by atoms with Crippen molar-refractivity contribution in [3.63, 3.8) is 0 Å². The predicted octanol–water partition coefficient (Wildman–Crippen LogP) is 3.08. The van der Waals surface area contributed by atoms with Crippen LogP contribution in [0.5, 0.6) is 0 Å². The Labute approximate surface area is 119 Å². The van der Waals surface area contributed by atoms with Crippen LogP contribution < -0.4 is 0 Å². The van der Waals surface area contributed by atoms with E-state index in [4.69, 9.17) is 4.74 Å². The third kappa shape index (κ3) is 4.59. The summed E-state index contributed by atoms with van der Waals surface area (Å²) in [5.74, 6) is 0.459. The lowest BCUT2D eigenvalue weighted by Crippen LogP contribution is -2.39. The molecule has 0 aromatic heterocycles. The molecule has 5 heteroatoms. The third-order valence-corrected chi connectivity index (χ3v) is 3.12. The molecule has 1 unspecified atom stereocenters. The number of carbonyl (C=O) groups is 2. The molecule has 1 aliphatic heterocycles. The maximum absolute atomic E-state index is 12.0. The van der Waals surface area contributed by atoms with E-state index in [1.54, 1.807) is 25.2 Å². The lowest BCUT2D eigenvalue weighted by Gasteiger charge is -2.21. The first kappa shape index (κ1) is 15.6. The largest absolute Gasteiger partial charge is 0.415 e. The predicted molar refractivity (Wildman–Crippen MR) is 77.9 cm³/mol. The Morgan fingerprint density at radius 1 is 1.32 bits per heavy atom. The number of hydrogen-bond donors (Lipinski definition) is 1. The van der Waals surface area contributed by atoms with Gasteiger partial charge in [-0.1, -0.05) is 18.2 Å². The zero-order valence-corrected chi connectivity index (χ0v) is 12.1. The first-order valence-electron chi connectivity index (χ1n) is 6.27. The SMILES string of the molecule is C\C=C/C=C\C(=C/C)OC(=O)N1CCCC1C(=O)S. The Morgan fingerprint density at radius 2 is 2.05 bits per heavy atom. The number of amides is 1. The Hall–Kier alpha value is -1.49. The summed E-state index contributed by atoms with van der Waals surface area (Å²) in [6.07, 6.45) is 9.85. The van der Waals surface area contributed by atoms with Gasteiger partial charge in [-0.15, -0.1) is 12.6 Å². The standard InChI is InChI=1S/C14H19NO3S/c1-3-5-6-8-11(4-2)18-14(17)15-10-7-9-12(15)13(16)19/h3-6,8,12H,7,9-10H2,1-2H3,(H,16,19)/b5-3-,8-6-,11-4+. The second-order valence-electron chi connectivity index (χ2n) is 4.13. The summed E-state index contributed by atoms with van der Waals surface area (Å²) in [5, 5.41) is -0.291. The van der Waals surface area contributed by atoms with E-state index in [1.165, 1.54) is 4.90 Å². The molecule has 1 rings (SSSR count). The molecular formula is C14H19NO3S. The normalized spacial score (nSPS) is 20.5.